The molecule has 1 unspecified atom stereocenters. The van der Waals surface area contributed by atoms with Gasteiger partial charge in [-0.25, -0.2) is 0 Å². The molecular weight excluding hydrogens is 304 g/mol. The molecule has 0 aliphatic heterocycles. The van der Waals surface area contributed by atoms with Crippen LogP contribution in [0, 0.1) is 0 Å². The molecule has 0 aliphatic carbocycles. The van der Waals surface area contributed by atoms with Crippen LogP contribution in [-0.2, 0) is 0 Å². The van der Waals surface area contributed by atoms with Crippen molar-refractivity contribution in [3.8, 4) is 0 Å². The summed E-state index contributed by atoms with van der Waals surface area (Å²) >= 11 is 0. The van der Waals surface area contributed by atoms with Gasteiger partial charge in [0.25, 0.3) is 0 Å². The zero-order valence-electron chi connectivity index (χ0n) is 16.9. The van der Waals surface area contributed by atoms with Crippen LogP contribution in [0.4, 0.5) is 0 Å². The van der Waals surface area contributed by atoms with Crippen molar-refractivity contribution in [3.63, 3.8) is 0 Å². The molecule has 25 heavy (non-hydrogen) atoms. The van der Waals surface area contributed by atoms with E-state index in [1.54, 1.807) is 0 Å². The summed E-state index contributed by atoms with van der Waals surface area (Å²) in [6.07, 6.45) is 13.5. The van der Waals surface area contributed by atoms with Gasteiger partial charge in [0, 0.05) is 0 Å². The molecule has 1 rings (SSSR count). The molecule has 144 valence electrons. The summed E-state index contributed by atoms with van der Waals surface area (Å²) in [6.45, 7) is 9.37. The largest absolute Gasteiger partial charge is 0.317 e. The summed E-state index contributed by atoms with van der Waals surface area (Å²) in [6, 6.07) is 10.9. The quantitative estimate of drug-likeness (QED) is 0.344. The Kier molecular flexibility index (Phi) is 14.7. The van der Waals surface area contributed by atoms with E-state index < -0.39 is 0 Å². The van der Waals surface area contributed by atoms with Gasteiger partial charge in [0.15, 0.2) is 0 Å². The number of rotatable bonds is 17. The highest BCUT2D eigenvalue weighted by atomic mass is 14.8. The van der Waals surface area contributed by atoms with Crippen molar-refractivity contribution in [2.24, 2.45) is 0 Å². The highest BCUT2D eigenvalue weighted by molar-refractivity contribution is 5.18. The van der Waals surface area contributed by atoms with Crippen molar-refractivity contribution in [3.05, 3.63) is 35.9 Å². The molecule has 2 N–H and O–H groups in total. The monoisotopic (exact) mass is 346 g/mol. The Bertz CT molecular complexity index is 377. The third-order valence-electron chi connectivity index (χ3n) is 5.02. The van der Waals surface area contributed by atoms with E-state index >= 15 is 0 Å². The van der Waals surface area contributed by atoms with E-state index in [4.69, 9.17) is 0 Å². The summed E-state index contributed by atoms with van der Waals surface area (Å²) in [5, 5.41) is 7.14. The number of hydrogen-bond acceptors (Lipinski definition) is 2. The first-order chi connectivity index (χ1) is 12.3. The first-order valence-corrected chi connectivity index (χ1v) is 10.8. The van der Waals surface area contributed by atoms with Gasteiger partial charge in [-0.05, 0) is 69.8 Å². The van der Waals surface area contributed by atoms with Crippen LogP contribution >= 0.6 is 0 Å². The maximum absolute atomic E-state index is 3.61. The fraction of sp³-hybridized carbons (Fsp3) is 0.739. The standard InChI is InChI=1S/C23H42N2/c1-3-4-18-24-19-12-7-5-6-8-13-20-25-21-14-15-22(2)23-16-10-9-11-17-23/h9-11,16-17,22,24-25H,3-8,12-15,18-21H2,1-2H3. The lowest BCUT2D eigenvalue weighted by Crippen LogP contribution is -2.17. The Balaban J connectivity index is 1.77. The zero-order valence-corrected chi connectivity index (χ0v) is 16.9. The summed E-state index contributed by atoms with van der Waals surface area (Å²) in [4.78, 5) is 0. The molecule has 1 aromatic carbocycles. The van der Waals surface area contributed by atoms with E-state index in [0.29, 0.717) is 5.92 Å². The van der Waals surface area contributed by atoms with E-state index in [1.165, 1.54) is 96.0 Å². The van der Waals surface area contributed by atoms with E-state index in [9.17, 15) is 0 Å². The minimum absolute atomic E-state index is 0.680. The molecule has 0 saturated carbocycles. The smallest absolute Gasteiger partial charge is 0.00487 e. The van der Waals surface area contributed by atoms with Gasteiger partial charge < -0.3 is 10.6 Å². The molecule has 2 nitrogen and oxygen atoms in total. The van der Waals surface area contributed by atoms with Crippen molar-refractivity contribution in [2.75, 3.05) is 26.2 Å². The third-order valence-corrected chi connectivity index (χ3v) is 5.02. The Morgan fingerprint density at radius 2 is 1.20 bits per heavy atom. The molecule has 1 aromatic rings. The van der Waals surface area contributed by atoms with E-state index in [2.05, 4.69) is 54.8 Å². The van der Waals surface area contributed by atoms with Gasteiger partial charge in [0.2, 0.25) is 0 Å². The van der Waals surface area contributed by atoms with Crippen LogP contribution in [0.5, 0.6) is 0 Å². The minimum Gasteiger partial charge on any atom is -0.317 e. The molecule has 0 amide bonds. The van der Waals surface area contributed by atoms with Crippen LogP contribution in [0.25, 0.3) is 0 Å². The van der Waals surface area contributed by atoms with Crippen LogP contribution in [0.15, 0.2) is 30.3 Å². The number of benzene rings is 1. The lowest BCUT2D eigenvalue weighted by molar-refractivity contribution is 0.533. The molecule has 0 radical (unpaired) electrons. The second-order valence-electron chi connectivity index (χ2n) is 7.43. The molecule has 0 fully saturated rings. The second-order valence-corrected chi connectivity index (χ2v) is 7.43. The number of nitrogens with one attached hydrogen (secondary N) is 2. The van der Waals surface area contributed by atoms with Gasteiger partial charge in [0.05, 0.1) is 0 Å². The lowest BCUT2D eigenvalue weighted by atomic mass is 9.96. The predicted molar refractivity (Wildman–Crippen MR) is 112 cm³/mol. The molecule has 0 aliphatic rings. The maximum Gasteiger partial charge on any atom is -0.00487 e. The average molecular weight is 347 g/mol. The summed E-state index contributed by atoms with van der Waals surface area (Å²) in [5.41, 5.74) is 1.48. The van der Waals surface area contributed by atoms with E-state index in [-0.39, 0.29) is 0 Å². The minimum atomic E-state index is 0.680. The fourth-order valence-electron chi connectivity index (χ4n) is 3.24. The number of hydrogen-bond donors (Lipinski definition) is 2. The molecule has 1 atom stereocenters. The second kappa shape index (κ2) is 16.6. The van der Waals surface area contributed by atoms with Crippen molar-refractivity contribution in [2.45, 2.75) is 84.0 Å². The predicted octanol–water partition coefficient (Wildman–Crippen LogP) is 5.89. The maximum atomic E-state index is 3.61. The Hall–Kier alpha value is -0.860. The van der Waals surface area contributed by atoms with Gasteiger partial charge in [-0.15, -0.1) is 0 Å². The first-order valence-electron chi connectivity index (χ1n) is 10.8. The summed E-state index contributed by atoms with van der Waals surface area (Å²) in [5.74, 6) is 0.680. The zero-order chi connectivity index (χ0) is 18.0. The van der Waals surface area contributed by atoms with Crippen molar-refractivity contribution >= 4 is 0 Å². The van der Waals surface area contributed by atoms with Crippen molar-refractivity contribution in [1.82, 2.24) is 10.6 Å². The fourth-order valence-corrected chi connectivity index (χ4v) is 3.24. The first kappa shape index (κ1) is 22.2. The Morgan fingerprint density at radius 3 is 1.80 bits per heavy atom. The number of unbranched alkanes of at least 4 members (excludes halogenated alkanes) is 6. The van der Waals surface area contributed by atoms with Gasteiger partial charge in [-0.3, -0.25) is 0 Å². The molecule has 0 spiro atoms. The highest BCUT2D eigenvalue weighted by Gasteiger charge is 2.03. The molecule has 0 bridgehead atoms. The van der Waals surface area contributed by atoms with E-state index in [1.807, 2.05) is 0 Å². The normalized spacial score (nSPS) is 12.4. The molecular formula is C23H42N2. The van der Waals surface area contributed by atoms with Gasteiger partial charge >= 0.3 is 0 Å². The van der Waals surface area contributed by atoms with Crippen LogP contribution < -0.4 is 10.6 Å². The highest BCUT2D eigenvalue weighted by Crippen LogP contribution is 2.19. The van der Waals surface area contributed by atoms with Crippen LogP contribution in [0.3, 0.4) is 0 Å². The summed E-state index contributed by atoms with van der Waals surface area (Å²) in [7, 11) is 0. The SMILES string of the molecule is CCCCNCCCCCCCCNCCCC(C)c1ccccc1. The average Bonchev–Trinajstić information content (AvgIpc) is 2.65. The lowest BCUT2D eigenvalue weighted by Gasteiger charge is -2.12. The Labute approximate surface area is 157 Å². The van der Waals surface area contributed by atoms with Crippen molar-refractivity contribution in [1.29, 1.82) is 0 Å². The van der Waals surface area contributed by atoms with E-state index in [0.717, 1.165) is 0 Å². The van der Waals surface area contributed by atoms with Gasteiger partial charge in [0.1, 0.15) is 0 Å². The Morgan fingerprint density at radius 1 is 0.680 bits per heavy atom. The topological polar surface area (TPSA) is 24.1 Å². The van der Waals surface area contributed by atoms with Crippen molar-refractivity contribution < 1.29 is 0 Å². The molecule has 0 aromatic heterocycles. The third kappa shape index (κ3) is 13.1. The van der Waals surface area contributed by atoms with Crippen LogP contribution in [0.2, 0.25) is 0 Å². The van der Waals surface area contributed by atoms with Gasteiger partial charge in [-0.1, -0.05) is 76.3 Å². The molecule has 0 saturated heterocycles. The van der Waals surface area contributed by atoms with Crippen LogP contribution in [-0.4, -0.2) is 26.2 Å². The van der Waals surface area contributed by atoms with Crippen LogP contribution in [0.1, 0.15) is 89.5 Å². The summed E-state index contributed by atoms with van der Waals surface area (Å²) < 4.78 is 0. The molecule has 2 heteroatoms. The molecule has 0 heterocycles. The van der Waals surface area contributed by atoms with Gasteiger partial charge in [-0.2, -0.15) is 0 Å².